The Balaban J connectivity index is 1.44. The number of aryl methyl sites for hydroxylation is 1. The number of hydrogen-bond acceptors (Lipinski definition) is 6. The van der Waals surface area contributed by atoms with Crippen molar-refractivity contribution in [3.8, 4) is 5.75 Å². The molecule has 1 saturated heterocycles. The minimum atomic E-state index is -0.578. The van der Waals surface area contributed by atoms with Gasteiger partial charge in [0.05, 0.1) is 5.41 Å². The first kappa shape index (κ1) is 19.1. The van der Waals surface area contributed by atoms with Gasteiger partial charge in [0.1, 0.15) is 5.75 Å². The topological polar surface area (TPSA) is 86.5 Å². The molecule has 0 spiro atoms. The molecule has 0 radical (unpaired) electrons. The van der Waals surface area contributed by atoms with Crippen LogP contribution in [0.15, 0.2) is 59.1 Å². The Bertz CT molecular complexity index is 948. The lowest BCUT2D eigenvalue weighted by molar-refractivity contribution is -0.125. The number of benzene rings is 2. The van der Waals surface area contributed by atoms with Gasteiger partial charge in [-0.1, -0.05) is 35.5 Å². The highest BCUT2D eigenvalue weighted by molar-refractivity contribution is 5.99. The Morgan fingerprint density at radius 2 is 1.83 bits per heavy atom. The van der Waals surface area contributed by atoms with E-state index in [-0.39, 0.29) is 12.5 Å². The summed E-state index contributed by atoms with van der Waals surface area (Å²) in [4.78, 5) is 17.4. The monoisotopic (exact) mass is 393 g/mol. The number of nitrogens with zero attached hydrogens (tertiary/aromatic N) is 2. The molecule has 1 N–H and O–H groups in total. The highest BCUT2D eigenvalue weighted by Crippen LogP contribution is 2.36. The van der Waals surface area contributed by atoms with Gasteiger partial charge < -0.3 is 19.3 Å². The first-order valence-electron chi connectivity index (χ1n) is 9.62. The van der Waals surface area contributed by atoms with Crippen molar-refractivity contribution in [3.63, 3.8) is 0 Å². The van der Waals surface area contributed by atoms with E-state index in [1.54, 1.807) is 6.92 Å². The molecule has 1 amide bonds. The van der Waals surface area contributed by atoms with Gasteiger partial charge in [-0.15, -0.1) is 0 Å². The third-order valence-corrected chi connectivity index (χ3v) is 5.16. The number of aromatic nitrogens is 2. The summed E-state index contributed by atoms with van der Waals surface area (Å²) in [7, 11) is 0. The Kier molecular flexibility index (Phi) is 5.57. The molecule has 2 heterocycles. The van der Waals surface area contributed by atoms with Crippen molar-refractivity contribution in [1.29, 1.82) is 0 Å². The Hall–Kier alpha value is -3.19. The summed E-state index contributed by atoms with van der Waals surface area (Å²) >= 11 is 0. The van der Waals surface area contributed by atoms with Crippen molar-refractivity contribution < 1.29 is 18.8 Å². The summed E-state index contributed by atoms with van der Waals surface area (Å²) in [5.74, 6) is 1.64. The second kappa shape index (κ2) is 8.45. The van der Waals surface area contributed by atoms with E-state index < -0.39 is 5.41 Å². The molecule has 2 aromatic carbocycles. The van der Waals surface area contributed by atoms with Crippen molar-refractivity contribution in [2.24, 2.45) is 0 Å². The van der Waals surface area contributed by atoms with E-state index in [0.717, 1.165) is 11.3 Å². The van der Waals surface area contributed by atoms with Gasteiger partial charge >= 0.3 is 0 Å². The van der Waals surface area contributed by atoms with Crippen molar-refractivity contribution >= 4 is 11.6 Å². The molecular weight excluding hydrogens is 370 g/mol. The standard InChI is InChI=1S/C22H23N3O4/c1-16-23-20(25-29-16)15-28-19-9-7-18(8-10-19)24-21(26)22(11-13-27-14-12-22)17-5-3-2-4-6-17/h2-10H,11-15H2,1H3,(H,24,26). The van der Waals surface area contributed by atoms with Gasteiger partial charge in [-0.05, 0) is 42.7 Å². The lowest BCUT2D eigenvalue weighted by Gasteiger charge is -2.36. The number of rotatable bonds is 6. The van der Waals surface area contributed by atoms with Gasteiger partial charge in [0.25, 0.3) is 0 Å². The molecule has 0 unspecified atom stereocenters. The zero-order valence-electron chi connectivity index (χ0n) is 16.3. The fourth-order valence-electron chi connectivity index (χ4n) is 3.56. The minimum absolute atomic E-state index is 0.0112. The molecule has 1 aromatic heterocycles. The third-order valence-electron chi connectivity index (χ3n) is 5.16. The molecule has 0 saturated carbocycles. The molecule has 7 nitrogen and oxygen atoms in total. The molecule has 1 aliphatic heterocycles. The quantitative estimate of drug-likeness (QED) is 0.688. The van der Waals surface area contributed by atoms with Gasteiger partial charge in [-0.3, -0.25) is 4.79 Å². The predicted molar refractivity (Wildman–Crippen MR) is 107 cm³/mol. The molecule has 0 aliphatic carbocycles. The van der Waals surface area contributed by atoms with E-state index in [9.17, 15) is 4.79 Å². The van der Waals surface area contributed by atoms with Crippen LogP contribution in [-0.4, -0.2) is 29.3 Å². The Morgan fingerprint density at radius 1 is 1.10 bits per heavy atom. The average molecular weight is 393 g/mol. The SMILES string of the molecule is Cc1nc(COc2ccc(NC(=O)C3(c4ccccc4)CCOCC3)cc2)no1. The number of hydrogen-bond donors (Lipinski definition) is 1. The zero-order chi connectivity index (χ0) is 20.1. The second-order valence-corrected chi connectivity index (χ2v) is 7.06. The predicted octanol–water partition coefficient (Wildman–Crippen LogP) is 3.64. The maximum atomic E-state index is 13.3. The van der Waals surface area contributed by atoms with Crippen LogP contribution < -0.4 is 10.1 Å². The molecule has 29 heavy (non-hydrogen) atoms. The van der Waals surface area contributed by atoms with Crippen molar-refractivity contribution in [2.75, 3.05) is 18.5 Å². The normalized spacial score (nSPS) is 15.6. The molecule has 0 bridgehead atoms. The van der Waals surface area contributed by atoms with Crippen LogP contribution in [0.5, 0.6) is 5.75 Å². The Labute approximate surface area is 169 Å². The maximum Gasteiger partial charge on any atom is 0.235 e. The minimum Gasteiger partial charge on any atom is -0.485 e. The lowest BCUT2D eigenvalue weighted by atomic mass is 9.73. The van der Waals surface area contributed by atoms with E-state index in [1.807, 2.05) is 54.6 Å². The highest BCUT2D eigenvalue weighted by Gasteiger charge is 2.41. The fourth-order valence-corrected chi connectivity index (χ4v) is 3.56. The van der Waals surface area contributed by atoms with Crippen LogP contribution in [0.2, 0.25) is 0 Å². The molecule has 150 valence electrons. The van der Waals surface area contributed by atoms with Crippen LogP contribution >= 0.6 is 0 Å². The van der Waals surface area contributed by atoms with Gasteiger partial charge in [-0.25, -0.2) is 0 Å². The summed E-state index contributed by atoms with van der Waals surface area (Å²) in [5, 5.41) is 6.86. The van der Waals surface area contributed by atoms with Crippen LogP contribution in [0, 0.1) is 6.92 Å². The molecule has 4 rings (SSSR count). The van der Waals surface area contributed by atoms with E-state index >= 15 is 0 Å². The Morgan fingerprint density at radius 3 is 2.48 bits per heavy atom. The fraction of sp³-hybridized carbons (Fsp3) is 0.318. The molecule has 3 aromatic rings. The van der Waals surface area contributed by atoms with E-state index in [2.05, 4.69) is 15.5 Å². The number of carbonyl (C=O) groups is 1. The van der Waals surface area contributed by atoms with Crippen molar-refractivity contribution in [3.05, 3.63) is 71.9 Å². The largest absolute Gasteiger partial charge is 0.485 e. The molecule has 1 aliphatic rings. The van der Waals surface area contributed by atoms with Gasteiger partial charge in [0.2, 0.25) is 17.6 Å². The molecule has 1 fully saturated rings. The summed E-state index contributed by atoms with van der Waals surface area (Å²) in [6.45, 7) is 3.10. The number of carbonyl (C=O) groups excluding carboxylic acids is 1. The molecule has 7 heteroatoms. The average Bonchev–Trinajstić information content (AvgIpc) is 3.19. The smallest absolute Gasteiger partial charge is 0.235 e. The first-order valence-corrected chi connectivity index (χ1v) is 9.62. The van der Waals surface area contributed by atoms with Gasteiger partial charge in [-0.2, -0.15) is 4.98 Å². The number of nitrogens with one attached hydrogen (secondary N) is 1. The van der Waals surface area contributed by atoms with Crippen LogP contribution in [0.1, 0.15) is 30.1 Å². The van der Waals surface area contributed by atoms with Crippen molar-refractivity contribution in [1.82, 2.24) is 10.1 Å². The van der Waals surface area contributed by atoms with Crippen LogP contribution in [0.3, 0.4) is 0 Å². The van der Waals surface area contributed by atoms with Crippen LogP contribution in [0.25, 0.3) is 0 Å². The third kappa shape index (κ3) is 4.30. The van der Waals surface area contributed by atoms with E-state index in [1.165, 1.54) is 0 Å². The summed E-state index contributed by atoms with van der Waals surface area (Å²) in [6, 6.07) is 17.2. The number of ether oxygens (including phenoxy) is 2. The molecular formula is C22H23N3O4. The first-order chi connectivity index (χ1) is 14.2. The number of amides is 1. The zero-order valence-corrected chi connectivity index (χ0v) is 16.3. The highest BCUT2D eigenvalue weighted by atomic mass is 16.5. The van der Waals surface area contributed by atoms with E-state index in [0.29, 0.717) is 43.5 Å². The summed E-state index contributed by atoms with van der Waals surface area (Å²) in [5.41, 5.74) is 1.17. The van der Waals surface area contributed by atoms with Crippen molar-refractivity contribution in [2.45, 2.75) is 31.8 Å². The van der Waals surface area contributed by atoms with Crippen LogP contribution in [-0.2, 0) is 21.6 Å². The van der Waals surface area contributed by atoms with E-state index in [4.69, 9.17) is 14.0 Å². The van der Waals surface area contributed by atoms with Gasteiger partial charge in [0.15, 0.2) is 6.61 Å². The molecule has 0 atom stereocenters. The van der Waals surface area contributed by atoms with Crippen LogP contribution in [0.4, 0.5) is 5.69 Å². The number of anilines is 1. The summed E-state index contributed by atoms with van der Waals surface area (Å²) in [6.07, 6.45) is 1.32. The lowest BCUT2D eigenvalue weighted by Crippen LogP contribution is -2.44. The second-order valence-electron chi connectivity index (χ2n) is 7.06. The summed E-state index contributed by atoms with van der Waals surface area (Å²) < 4.78 is 16.1. The van der Waals surface area contributed by atoms with Gasteiger partial charge in [0, 0.05) is 25.8 Å². The maximum absolute atomic E-state index is 13.3.